The van der Waals surface area contributed by atoms with Crippen LogP contribution in [0.2, 0.25) is 0 Å². The first-order valence-electron chi connectivity index (χ1n) is 4.73. The molecule has 0 radical (unpaired) electrons. The number of nitrogen functional groups attached to an aromatic ring is 1. The average molecular weight is 253 g/mol. The Morgan fingerprint density at radius 3 is 2.86 bits per heavy atom. The quantitative estimate of drug-likeness (QED) is 0.616. The first kappa shape index (κ1) is 9.59. The van der Waals surface area contributed by atoms with Gasteiger partial charge in [-0.1, -0.05) is 18.2 Å². The Kier molecular flexibility index (Phi) is 2.77. The highest BCUT2D eigenvalue weighted by Gasteiger charge is 2.11. The second-order valence-corrected chi connectivity index (χ2v) is 4.23. The summed E-state index contributed by atoms with van der Waals surface area (Å²) in [6, 6.07) is 6.06. The van der Waals surface area contributed by atoms with Crippen LogP contribution in [0.25, 0.3) is 0 Å². The lowest BCUT2D eigenvalue weighted by molar-refractivity contribution is 0.822. The Morgan fingerprint density at radius 1 is 1.29 bits per heavy atom. The van der Waals surface area contributed by atoms with Crippen molar-refractivity contribution >= 4 is 27.3 Å². The van der Waals surface area contributed by atoms with Crippen LogP contribution >= 0.6 is 15.9 Å². The average Bonchev–Trinajstić information content (AvgIpc) is 2.23. The van der Waals surface area contributed by atoms with Gasteiger partial charge in [0.25, 0.3) is 0 Å². The Morgan fingerprint density at radius 2 is 2.14 bits per heavy atom. The maximum absolute atomic E-state index is 6.00. The zero-order valence-corrected chi connectivity index (χ0v) is 9.50. The van der Waals surface area contributed by atoms with E-state index in [9.17, 15) is 0 Å². The van der Waals surface area contributed by atoms with Gasteiger partial charge in [-0.3, -0.25) is 0 Å². The molecule has 0 aromatic heterocycles. The number of nitrogens with two attached hydrogens (primary N) is 1. The van der Waals surface area contributed by atoms with Gasteiger partial charge in [-0.2, -0.15) is 0 Å². The molecule has 3 heteroatoms. The molecule has 1 aromatic rings. The smallest absolute Gasteiger partial charge is 0.0696 e. The molecule has 1 heterocycles. The summed E-state index contributed by atoms with van der Waals surface area (Å²) in [7, 11) is 0. The van der Waals surface area contributed by atoms with Crippen LogP contribution in [0.15, 0.2) is 34.8 Å². The van der Waals surface area contributed by atoms with Crippen LogP contribution in [0.5, 0.6) is 0 Å². The predicted molar refractivity (Wildman–Crippen MR) is 64.5 cm³/mol. The fourth-order valence-corrected chi connectivity index (χ4v) is 2.02. The van der Waals surface area contributed by atoms with Crippen molar-refractivity contribution in [2.45, 2.75) is 6.42 Å². The largest absolute Gasteiger partial charge is 0.396 e. The van der Waals surface area contributed by atoms with E-state index in [0.29, 0.717) is 0 Å². The third-order valence-electron chi connectivity index (χ3n) is 2.43. The summed E-state index contributed by atoms with van der Waals surface area (Å²) in [5.41, 5.74) is 7.97. The van der Waals surface area contributed by atoms with Gasteiger partial charge in [0.15, 0.2) is 0 Å². The number of benzene rings is 1. The van der Waals surface area contributed by atoms with Crippen LogP contribution in [0.4, 0.5) is 11.4 Å². The number of hydrogen-bond donors (Lipinski definition) is 1. The van der Waals surface area contributed by atoms with E-state index in [1.54, 1.807) is 0 Å². The molecule has 0 amide bonds. The maximum Gasteiger partial charge on any atom is 0.0696 e. The third-order valence-corrected chi connectivity index (χ3v) is 3.12. The van der Waals surface area contributed by atoms with Gasteiger partial charge in [0, 0.05) is 17.6 Å². The first-order chi connectivity index (χ1) is 6.79. The highest BCUT2D eigenvalue weighted by atomic mass is 79.9. The Hall–Kier alpha value is -0.960. The van der Waals surface area contributed by atoms with E-state index in [1.165, 1.54) is 0 Å². The molecule has 2 N–H and O–H groups in total. The Bertz CT molecular complexity index is 360. The Balaban J connectivity index is 2.31. The van der Waals surface area contributed by atoms with E-state index in [2.05, 4.69) is 39.0 Å². The van der Waals surface area contributed by atoms with Crippen LogP contribution in [-0.2, 0) is 0 Å². The molecule has 1 aliphatic rings. The van der Waals surface area contributed by atoms with Gasteiger partial charge in [0.05, 0.1) is 11.4 Å². The van der Waals surface area contributed by atoms with Crippen LogP contribution in [-0.4, -0.2) is 13.1 Å². The van der Waals surface area contributed by atoms with Crippen molar-refractivity contribution in [2.24, 2.45) is 0 Å². The summed E-state index contributed by atoms with van der Waals surface area (Å²) in [6.07, 6.45) is 5.50. The summed E-state index contributed by atoms with van der Waals surface area (Å²) in [5.74, 6) is 0. The summed E-state index contributed by atoms with van der Waals surface area (Å²) < 4.78 is 0.976. The summed E-state index contributed by atoms with van der Waals surface area (Å²) in [4.78, 5) is 2.29. The monoisotopic (exact) mass is 252 g/mol. The van der Waals surface area contributed by atoms with E-state index in [1.807, 2.05) is 12.1 Å². The van der Waals surface area contributed by atoms with Gasteiger partial charge in [0.2, 0.25) is 0 Å². The van der Waals surface area contributed by atoms with Crippen molar-refractivity contribution in [1.82, 2.24) is 0 Å². The van der Waals surface area contributed by atoms with Gasteiger partial charge >= 0.3 is 0 Å². The minimum absolute atomic E-state index is 0.836. The predicted octanol–water partition coefficient (Wildman–Crippen LogP) is 2.80. The number of rotatable bonds is 1. The van der Waals surface area contributed by atoms with Gasteiger partial charge in [0.1, 0.15) is 0 Å². The highest BCUT2D eigenvalue weighted by Crippen LogP contribution is 2.30. The second-order valence-electron chi connectivity index (χ2n) is 3.38. The lowest BCUT2D eigenvalue weighted by Crippen LogP contribution is -2.27. The SMILES string of the molecule is Nc1c(Br)cccc1N1CC=CCC1. The third kappa shape index (κ3) is 1.77. The number of halogens is 1. The van der Waals surface area contributed by atoms with Gasteiger partial charge < -0.3 is 10.6 Å². The van der Waals surface area contributed by atoms with E-state index >= 15 is 0 Å². The van der Waals surface area contributed by atoms with Crippen molar-refractivity contribution < 1.29 is 0 Å². The summed E-state index contributed by atoms with van der Waals surface area (Å²) in [6.45, 7) is 2.01. The summed E-state index contributed by atoms with van der Waals surface area (Å²) in [5, 5.41) is 0. The molecule has 0 saturated carbocycles. The van der Waals surface area contributed by atoms with Crippen molar-refractivity contribution in [2.75, 3.05) is 23.7 Å². The van der Waals surface area contributed by atoms with Crippen molar-refractivity contribution in [3.8, 4) is 0 Å². The fraction of sp³-hybridized carbons (Fsp3) is 0.273. The molecular formula is C11H13BrN2. The number of anilines is 2. The van der Waals surface area contributed by atoms with Crippen LogP contribution in [0.3, 0.4) is 0 Å². The van der Waals surface area contributed by atoms with Gasteiger partial charge in [-0.25, -0.2) is 0 Å². The molecule has 0 spiro atoms. The molecule has 74 valence electrons. The van der Waals surface area contributed by atoms with Crippen LogP contribution < -0.4 is 10.6 Å². The zero-order chi connectivity index (χ0) is 9.97. The molecular weight excluding hydrogens is 240 g/mol. The molecule has 0 bridgehead atoms. The molecule has 2 nitrogen and oxygen atoms in total. The molecule has 0 unspecified atom stereocenters. The molecule has 1 aromatic carbocycles. The normalized spacial score (nSPS) is 15.9. The maximum atomic E-state index is 6.00. The number of nitrogens with zero attached hydrogens (tertiary/aromatic N) is 1. The van der Waals surface area contributed by atoms with E-state index in [-0.39, 0.29) is 0 Å². The van der Waals surface area contributed by atoms with E-state index < -0.39 is 0 Å². The van der Waals surface area contributed by atoms with E-state index in [4.69, 9.17) is 5.73 Å². The fourth-order valence-electron chi connectivity index (χ4n) is 1.66. The van der Waals surface area contributed by atoms with Gasteiger partial charge in [-0.15, -0.1) is 0 Å². The zero-order valence-electron chi connectivity index (χ0n) is 7.91. The van der Waals surface area contributed by atoms with Crippen molar-refractivity contribution in [3.05, 3.63) is 34.8 Å². The minimum atomic E-state index is 0.836. The second kappa shape index (κ2) is 4.05. The van der Waals surface area contributed by atoms with Crippen LogP contribution in [0.1, 0.15) is 6.42 Å². The number of para-hydroxylation sites is 1. The summed E-state index contributed by atoms with van der Waals surface area (Å²) >= 11 is 3.44. The Labute approximate surface area is 92.5 Å². The molecule has 0 saturated heterocycles. The number of hydrogen-bond acceptors (Lipinski definition) is 2. The van der Waals surface area contributed by atoms with Gasteiger partial charge in [-0.05, 0) is 34.5 Å². The minimum Gasteiger partial charge on any atom is -0.396 e. The topological polar surface area (TPSA) is 29.3 Å². The molecule has 1 aliphatic heterocycles. The molecule has 0 aliphatic carbocycles. The van der Waals surface area contributed by atoms with Crippen molar-refractivity contribution in [1.29, 1.82) is 0 Å². The lowest BCUT2D eigenvalue weighted by Gasteiger charge is -2.27. The highest BCUT2D eigenvalue weighted by molar-refractivity contribution is 9.10. The van der Waals surface area contributed by atoms with E-state index in [0.717, 1.165) is 35.4 Å². The molecule has 14 heavy (non-hydrogen) atoms. The standard InChI is InChI=1S/C11H13BrN2/c12-9-5-4-6-10(11(9)13)14-7-2-1-3-8-14/h1-2,4-6H,3,7-8,13H2. The molecule has 0 atom stereocenters. The molecule has 2 rings (SSSR count). The lowest BCUT2D eigenvalue weighted by atomic mass is 10.2. The van der Waals surface area contributed by atoms with Crippen LogP contribution in [0, 0.1) is 0 Å². The first-order valence-corrected chi connectivity index (χ1v) is 5.52. The molecule has 0 fully saturated rings. The van der Waals surface area contributed by atoms with Crippen molar-refractivity contribution in [3.63, 3.8) is 0 Å².